The van der Waals surface area contributed by atoms with Crippen molar-refractivity contribution in [1.82, 2.24) is 5.32 Å². The summed E-state index contributed by atoms with van der Waals surface area (Å²) in [6.07, 6.45) is 0. The van der Waals surface area contributed by atoms with Crippen LogP contribution in [0.5, 0.6) is 0 Å². The van der Waals surface area contributed by atoms with E-state index in [4.69, 9.17) is 11.0 Å². The maximum atomic E-state index is 11.3. The molecule has 1 unspecified atom stereocenters. The molecular formula is C11H14N4O. The molecule has 1 rings (SSSR count). The molecule has 0 bridgehead atoms. The van der Waals surface area contributed by atoms with Gasteiger partial charge in [0.1, 0.15) is 6.04 Å². The Morgan fingerprint density at radius 2 is 2.25 bits per heavy atom. The molecule has 84 valence electrons. The molecule has 0 fully saturated rings. The summed E-state index contributed by atoms with van der Waals surface area (Å²) < 4.78 is 0. The molecule has 0 spiro atoms. The molecule has 1 atom stereocenters. The highest BCUT2D eigenvalue weighted by molar-refractivity contribution is 5.85. The third-order valence-electron chi connectivity index (χ3n) is 2.19. The predicted octanol–water partition coefficient (Wildman–Crippen LogP) is 0.687. The largest absolute Gasteiger partial charge is 0.397 e. The summed E-state index contributed by atoms with van der Waals surface area (Å²) in [5.74, 6) is -0.122. The van der Waals surface area contributed by atoms with Crippen LogP contribution in [0.2, 0.25) is 0 Å². The van der Waals surface area contributed by atoms with E-state index in [1.54, 1.807) is 32.2 Å². The lowest BCUT2D eigenvalue weighted by Crippen LogP contribution is -2.35. The molecule has 0 aliphatic heterocycles. The van der Waals surface area contributed by atoms with Crippen LogP contribution in [0.4, 0.5) is 11.4 Å². The van der Waals surface area contributed by atoms with E-state index in [2.05, 4.69) is 10.6 Å². The average molecular weight is 218 g/mol. The Hall–Kier alpha value is -2.22. The highest BCUT2D eigenvalue weighted by Gasteiger charge is 2.11. The molecular weight excluding hydrogens is 204 g/mol. The van der Waals surface area contributed by atoms with Gasteiger partial charge in [-0.2, -0.15) is 5.26 Å². The van der Waals surface area contributed by atoms with E-state index in [1.165, 1.54) is 0 Å². The number of hydrogen-bond donors (Lipinski definition) is 3. The van der Waals surface area contributed by atoms with Crippen molar-refractivity contribution in [3.8, 4) is 6.07 Å². The number of rotatable bonds is 3. The minimum atomic E-state index is -0.375. The van der Waals surface area contributed by atoms with Crippen LogP contribution in [0.15, 0.2) is 18.2 Å². The summed E-state index contributed by atoms with van der Waals surface area (Å²) in [5.41, 5.74) is 7.34. The molecule has 0 heterocycles. The number of nitriles is 1. The number of nitrogen functional groups attached to an aromatic ring is 1. The van der Waals surface area contributed by atoms with Crippen molar-refractivity contribution in [2.24, 2.45) is 0 Å². The van der Waals surface area contributed by atoms with E-state index < -0.39 is 0 Å². The van der Waals surface area contributed by atoms with E-state index >= 15 is 0 Å². The maximum absolute atomic E-state index is 11.3. The second-order valence-corrected chi connectivity index (χ2v) is 3.39. The average Bonchev–Trinajstić information content (AvgIpc) is 2.30. The highest BCUT2D eigenvalue weighted by Crippen LogP contribution is 2.20. The van der Waals surface area contributed by atoms with Crippen LogP contribution in [0.3, 0.4) is 0 Å². The second-order valence-electron chi connectivity index (χ2n) is 3.39. The zero-order chi connectivity index (χ0) is 12.1. The van der Waals surface area contributed by atoms with Gasteiger partial charge in [-0.15, -0.1) is 0 Å². The van der Waals surface area contributed by atoms with E-state index in [0.717, 1.165) is 0 Å². The molecule has 0 aliphatic carbocycles. The van der Waals surface area contributed by atoms with Gasteiger partial charge in [0.25, 0.3) is 0 Å². The van der Waals surface area contributed by atoms with Gasteiger partial charge in [-0.05, 0) is 25.1 Å². The van der Waals surface area contributed by atoms with E-state index in [9.17, 15) is 4.79 Å². The van der Waals surface area contributed by atoms with Crippen molar-refractivity contribution in [2.75, 3.05) is 18.1 Å². The Labute approximate surface area is 94.2 Å². The van der Waals surface area contributed by atoms with Gasteiger partial charge in [-0.1, -0.05) is 0 Å². The molecule has 0 radical (unpaired) electrons. The second kappa shape index (κ2) is 5.03. The number of nitrogens with zero attached hydrogens (tertiary/aromatic N) is 1. The molecule has 4 N–H and O–H groups in total. The van der Waals surface area contributed by atoms with Crippen molar-refractivity contribution in [2.45, 2.75) is 13.0 Å². The molecule has 0 aromatic heterocycles. The summed E-state index contributed by atoms with van der Waals surface area (Å²) in [5, 5.41) is 14.2. The van der Waals surface area contributed by atoms with Crippen LogP contribution in [-0.2, 0) is 4.79 Å². The summed E-state index contributed by atoms with van der Waals surface area (Å²) in [6.45, 7) is 1.73. The molecule has 1 aromatic carbocycles. The zero-order valence-corrected chi connectivity index (χ0v) is 9.24. The lowest BCUT2D eigenvalue weighted by Gasteiger charge is -2.15. The molecule has 16 heavy (non-hydrogen) atoms. The highest BCUT2D eigenvalue weighted by atomic mass is 16.2. The first-order chi connectivity index (χ1) is 7.58. The van der Waals surface area contributed by atoms with Crippen LogP contribution in [-0.4, -0.2) is 19.0 Å². The summed E-state index contributed by atoms with van der Waals surface area (Å²) in [7, 11) is 1.57. The van der Waals surface area contributed by atoms with Crippen molar-refractivity contribution in [3.05, 3.63) is 23.8 Å². The van der Waals surface area contributed by atoms with E-state index in [1.807, 2.05) is 6.07 Å². The van der Waals surface area contributed by atoms with Crippen molar-refractivity contribution in [1.29, 1.82) is 5.26 Å². The minimum absolute atomic E-state index is 0.122. The number of amides is 1. The monoisotopic (exact) mass is 218 g/mol. The fourth-order valence-electron chi connectivity index (χ4n) is 1.28. The first-order valence-corrected chi connectivity index (χ1v) is 4.86. The van der Waals surface area contributed by atoms with Crippen molar-refractivity contribution in [3.63, 3.8) is 0 Å². The zero-order valence-electron chi connectivity index (χ0n) is 9.24. The van der Waals surface area contributed by atoms with E-state index in [0.29, 0.717) is 16.9 Å². The minimum Gasteiger partial charge on any atom is -0.397 e. The number of likely N-dealkylation sites (N-methyl/N-ethyl adjacent to an activating group) is 1. The number of hydrogen-bond acceptors (Lipinski definition) is 4. The van der Waals surface area contributed by atoms with Gasteiger partial charge >= 0.3 is 0 Å². The Bertz CT molecular complexity index is 436. The predicted molar refractivity (Wildman–Crippen MR) is 62.7 cm³/mol. The first-order valence-electron chi connectivity index (χ1n) is 4.86. The molecule has 1 amide bonds. The summed E-state index contributed by atoms with van der Waals surface area (Å²) in [4.78, 5) is 11.3. The number of nitrogens with two attached hydrogens (primary N) is 1. The maximum Gasteiger partial charge on any atom is 0.241 e. The molecule has 0 saturated carbocycles. The van der Waals surface area contributed by atoms with Gasteiger partial charge in [-0.25, -0.2) is 0 Å². The van der Waals surface area contributed by atoms with Gasteiger partial charge in [0.15, 0.2) is 0 Å². The van der Waals surface area contributed by atoms with Crippen LogP contribution < -0.4 is 16.4 Å². The third kappa shape index (κ3) is 2.64. The third-order valence-corrected chi connectivity index (χ3v) is 2.19. The van der Waals surface area contributed by atoms with Gasteiger partial charge < -0.3 is 16.4 Å². The van der Waals surface area contributed by atoms with Crippen LogP contribution >= 0.6 is 0 Å². The smallest absolute Gasteiger partial charge is 0.241 e. The number of carbonyl (C=O) groups is 1. The van der Waals surface area contributed by atoms with Gasteiger partial charge in [-0.3, -0.25) is 4.79 Å². The molecule has 5 nitrogen and oxygen atoms in total. The Kier molecular flexibility index (Phi) is 3.72. The molecule has 1 aromatic rings. The quantitative estimate of drug-likeness (QED) is 0.651. The van der Waals surface area contributed by atoms with Gasteiger partial charge in [0, 0.05) is 7.05 Å². The summed E-state index contributed by atoms with van der Waals surface area (Å²) >= 11 is 0. The number of carbonyl (C=O) groups excluding carboxylic acids is 1. The SMILES string of the molecule is CNC(=O)C(C)Nc1ccc(C#N)cc1N. The Morgan fingerprint density at radius 3 is 2.75 bits per heavy atom. The van der Waals surface area contributed by atoms with Gasteiger partial charge in [0.05, 0.1) is 23.0 Å². The van der Waals surface area contributed by atoms with E-state index in [-0.39, 0.29) is 11.9 Å². The standard InChI is InChI=1S/C11H14N4O/c1-7(11(16)14-2)15-10-4-3-8(6-12)5-9(10)13/h3-5,7,15H,13H2,1-2H3,(H,14,16). The van der Waals surface area contributed by atoms with Crippen molar-refractivity contribution < 1.29 is 4.79 Å². The number of nitrogens with one attached hydrogen (secondary N) is 2. The Balaban J connectivity index is 2.83. The first kappa shape index (κ1) is 11.9. The topological polar surface area (TPSA) is 90.9 Å². The summed E-state index contributed by atoms with van der Waals surface area (Å²) in [6, 6.07) is 6.52. The Morgan fingerprint density at radius 1 is 1.56 bits per heavy atom. The normalized spacial score (nSPS) is 11.3. The molecule has 5 heteroatoms. The number of anilines is 2. The van der Waals surface area contributed by atoms with Crippen LogP contribution in [0.25, 0.3) is 0 Å². The van der Waals surface area contributed by atoms with Gasteiger partial charge in [0.2, 0.25) is 5.91 Å². The lowest BCUT2D eigenvalue weighted by atomic mass is 10.1. The fourth-order valence-corrected chi connectivity index (χ4v) is 1.28. The fraction of sp³-hybridized carbons (Fsp3) is 0.273. The number of benzene rings is 1. The lowest BCUT2D eigenvalue weighted by molar-refractivity contribution is -0.121. The van der Waals surface area contributed by atoms with Crippen LogP contribution in [0, 0.1) is 11.3 Å². The molecule has 0 saturated heterocycles. The molecule has 0 aliphatic rings. The van der Waals surface area contributed by atoms with Crippen LogP contribution in [0.1, 0.15) is 12.5 Å². The van der Waals surface area contributed by atoms with Crippen molar-refractivity contribution >= 4 is 17.3 Å².